The van der Waals surface area contributed by atoms with Gasteiger partial charge >= 0.3 is 0 Å². The summed E-state index contributed by atoms with van der Waals surface area (Å²) in [5.41, 5.74) is 6.59. The van der Waals surface area contributed by atoms with Crippen LogP contribution in [0.1, 0.15) is 51.5 Å². The van der Waals surface area contributed by atoms with Gasteiger partial charge in [-0.05, 0) is 68.9 Å². The molecule has 1 rings (SSSR count). The highest BCUT2D eigenvalue weighted by Crippen LogP contribution is 2.27. The van der Waals surface area contributed by atoms with Crippen molar-refractivity contribution in [1.82, 2.24) is 4.90 Å². The fraction of sp³-hybridized carbons (Fsp3) is 0.588. The highest BCUT2D eigenvalue weighted by Gasteiger charge is 2.22. The smallest absolute Gasteiger partial charge is 0.254 e. The summed E-state index contributed by atoms with van der Waals surface area (Å²) >= 11 is 0. The van der Waals surface area contributed by atoms with Crippen molar-refractivity contribution in [3.05, 3.63) is 33.4 Å². The van der Waals surface area contributed by atoms with Crippen LogP contribution in [-0.2, 0) is 0 Å². The maximum atomic E-state index is 12.8. The fourth-order valence-corrected chi connectivity index (χ4v) is 2.68. The molecule has 20 heavy (non-hydrogen) atoms. The molecule has 1 N–H and O–H groups in total. The number of carbonyl (C=O) groups is 1. The van der Waals surface area contributed by atoms with Gasteiger partial charge in [0.15, 0.2) is 0 Å². The molecule has 3 heteroatoms. The molecule has 112 valence electrons. The maximum Gasteiger partial charge on any atom is 0.254 e. The summed E-state index contributed by atoms with van der Waals surface area (Å²) in [6.45, 7) is 13.4. The largest absolute Gasteiger partial charge is 0.395 e. The van der Waals surface area contributed by atoms with Crippen LogP contribution in [0.2, 0.25) is 0 Å². The van der Waals surface area contributed by atoms with Gasteiger partial charge in [0.25, 0.3) is 5.91 Å². The van der Waals surface area contributed by atoms with Crippen LogP contribution in [0.4, 0.5) is 0 Å². The van der Waals surface area contributed by atoms with Crippen molar-refractivity contribution < 1.29 is 9.90 Å². The lowest BCUT2D eigenvalue weighted by molar-refractivity contribution is 0.0720. The Labute approximate surface area is 122 Å². The van der Waals surface area contributed by atoms with Gasteiger partial charge in [0.1, 0.15) is 0 Å². The van der Waals surface area contributed by atoms with Crippen LogP contribution >= 0.6 is 0 Å². The van der Waals surface area contributed by atoms with Crippen molar-refractivity contribution in [1.29, 1.82) is 0 Å². The van der Waals surface area contributed by atoms with Crippen LogP contribution < -0.4 is 0 Å². The first kappa shape index (κ1) is 16.7. The first-order valence-electron chi connectivity index (χ1n) is 7.33. The van der Waals surface area contributed by atoms with E-state index in [-0.39, 0.29) is 12.5 Å². The molecule has 0 saturated heterocycles. The quantitative estimate of drug-likeness (QED) is 0.898. The molecule has 0 bridgehead atoms. The number of aliphatic hydroxyl groups excluding tert-OH is 1. The van der Waals surface area contributed by atoms with E-state index in [1.165, 1.54) is 16.7 Å². The second kappa shape index (κ2) is 6.89. The van der Waals surface area contributed by atoms with Crippen LogP contribution in [-0.4, -0.2) is 35.6 Å². The van der Waals surface area contributed by atoms with Gasteiger partial charge in [-0.1, -0.05) is 6.92 Å². The van der Waals surface area contributed by atoms with Crippen LogP contribution in [0, 0.1) is 34.6 Å². The summed E-state index contributed by atoms with van der Waals surface area (Å²) in [4.78, 5) is 14.6. The van der Waals surface area contributed by atoms with Gasteiger partial charge in [-0.25, -0.2) is 0 Å². The number of aliphatic hydroxyl groups is 1. The van der Waals surface area contributed by atoms with E-state index < -0.39 is 0 Å². The molecule has 1 aromatic rings. The van der Waals surface area contributed by atoms with Gasteiger partial charge in [0.05, 0.1) is 6.61 Å². The molecule has 1 aromatic carbocycles. The van der Waals surface area contributed by atoms with E-state index in [2.05, 4.69) is 20.8 Å². The number of nitrogens with zero attached hydrogens (tertiary/aromatic N) is 1. The highest BCUT2D eigenvalue weighted by atomic mass is 16.3. The Hall–Kier alpha value is -1.35. The third kappa shape index (κ3) is 3.04. The van der Waals surface area contributed by atoms with Gasteiger partial charge in [0, 0.05) is 18.7 Å². The van der Waals surface area contributed by atoms with Crippen molar-refractivity contribution in [3.8, 4) is 0 Å². The third-order valence-electron chi connectivity index (χ3n) is 4.36. The fourth-order valence-electron chi connectivity index (χ4n) is 2.68. The van der Waals surface area contributed by atoms with Gasteiger partial charge in [-0.3, -0.25) is 4.79 Å². The lowest BCUT2D eigenvalue weighted by Gasteiger charge is -2.25. The highest BCUT2D eigenvalue weighted by molar-refractivity contribution is 5.98. The second-order valence-corrected chi connectivity index (χ2v) is 5.52. The Balaban J connectivity index is 3.34. The monoisotopic (exact) mass is 277 g/mol. The minimum Gasteiger partial charge on any atom is -0.395 e. The van der Waals surface area contributed by atoms with Gasteiger partial charge in [-0.2, -0.15) is 0 Å². The molecule has 0 aliphatic carbocycles. The minimum absolute atomic E-state index is 0.00760. The lowest BCUT2D eigenvalue weighted by atomic mass is 9.89. The van der Waals surface area contributed by atoms with E-state index in [0.29, 0.717) is 13.1 Å². The molecular weight excluding hydrogens is 250 g/mol. The van der Waals surface area contributed by atoms with Crippen LogP contribution in [0.3, 0.4) is 0 Å². The average molecular weight is 277 g/mol. The van der Waals surface area contributed by atoms with Crippen molar-refractivity contribution in [3.63, 3.8) is 0 Å². The van der Waals surface area contributed by atoms with Crippen LogP contribution in [0.5, 0.6) is 0 Å². The molecule has 3 nitrogen and oxygen atoms in total. The molecule has 0 spiro atoms. The maximum absolute atomic E-state index is 12.8. The number of hydrogen-bond donors (Lipinski definition) is 1. The number of rotatable bonds is 5. The Kier molecular flexibility index (Phi) is 5.75. The van der Waals surface area contributed by atoms with E-state index in [4.69, 9.17) is 5.11 Å². The van der Waals surface area contributed by atoms with Crippen molar-refractivity contribution in [2.24, 2.45) is 0 Å². The zero-order valence-electron chi connectivity index (χ0n) is 13.6. The van der Waals surface area contributed by atoms with Crippen LogP contribution in [0.15, 0.2) is 0 Å². The standard InChI is InChI=1S/C17H27NO2/c1-7-8-18(9-10-19)17(20)16-14(5)12(3)11(2)13(4)15(16)6/h19H,7-10H2,1-6H3. The van der Waals surface area contributed by atoms with Crippen molar-refractivity contribution >= 4 is 5.91 Å². The Morgan fingerprint density at radius 3 is 1.75 bits per heavy atom. The summed E-state index contributed by atoms with van der Waals surface area (Å²) in [5.74, 6) is 0.0436. The third-order valence-corrected chi connectivity index (χ3v) is 4.36. The number of amides is 1. The number of hydrogen-bond acceptors (Lipinski definition) is 2. The number of benzene rings is 1. The van der Waals surface area contributed by atoms with E-state index >= 15 is 0 Å². The molecule has 0 fully saturated rings. The van der Waals surface area contributed by atoms with Gasteiger partial charge in [-0.15, -0.1) is 0 Å². The lowest BCUT2D eigenvalue weighted by Crippen LogP contribution is -2.35. The van der Waals surface area contributed by atoms with E-state index in [0.717, 1.165) is 23.1 Å². The van der Waals surface area contributed by atoms with Crippen LogP contribution in [0.25, 0.3) is 0 Å². The Bertz CT molecular complexity index is 471. The Morgan fingerprint density at radius 2 is 1.35 bits per heavy atom. The molecule has 0 aromatic heterocycles. The SMILES string of the molecule is CCCN(CCO)C(=O)c1c(C)c(C)c(C)c(C)c1C. The summed E-state index contributed by atoms with van der Waals surface area (Å²) in [7, 11) is 0. The summed E-state index contributed by atoms with van der Waals surface area (Å²) in [6, 6.07) is 0. The summed E-state index contributed by atoms with van der Waals surface area (Å²) in [5, 5.41) is 9.16. The normalized spacial score (nSPS) is 10.8. The van der Waals surface area contributed by atoms with E-state index in [1.807, 2.05) is 20.8 Å². The Morgan fingerprint density at radius 1 is 0.900 bits per heavy atom. The molecule has 0 radical (unpaired) electrons. The first-order valence-corrected chi connectivity index (χ1v) is 7.33. The predicted molar refractivity (Wildman–Crippen MR) is 83.4 cm³/mol. The molecule has 0 aliphatic rings. The second-order valence-electron chi connectivity index (χ2n) is 5.52. The zero-order valence-corrected chi connectivity index (χ0v) is 13.6. The zero-order chi connectivity index (χ0) is 15.4. The van der Waals surface area contributed by atoms with Gasteiger partial charge in [0.2, 0.25) is 0 Å². The van der Waals surface area contributed by atoms with Crippen molar-refractivity contribution in [2.45, 2.75) is 48.0 Å². The molecule has 0 atom stereocenters. The predicted octanol–water partition coefficient (Wildman–Crippen LogP) is 3.07. The first-order chi connectivity index (χ1) is 9.36. The molecule has 0 heterocycles. The summed E-state index contributed by atoms with van der Waals surface area (Å²) in [6.07, 6.45) is 0.896. The molecule has 0 saturated carbocycles. The topological polar surface area (TPSA) is 40.5 Å². The average Bonchev–Trinajstić information content (AvgIpc) is 2.43. The molecular formula is C17H27NO2. The minimum atomic E-state index is 0.00760. The molecule has 0 unspecified atom stereocenters. The van der Waals surface area contributed by atoms with E-state index in [9.17, 15) is 4.79 Å². The molecule has 0 aliphatic heterocycles. The summed E-state index contributed by atoms with van der Waals surface area (Å²) < 4.78 is 0. The van der Waals surface area contributed by atoms with Gasteiger partial charge < -0.3 is 10.0 Å². The number of carbonyl (C=O) groups excluding carboxylic acids is 1. The van der Waals surface area contributed by atoms with E-state index in [1.54, 1.807) is 4.90 Å². The molecule has 1 amide bonds. The van der Waals surface area contributed by atoms with Crippen molar-refractivity contribution in [2.75, 3.05) is 19.7 Å².